The molecule has 5 rings (SSSR count). The molecule has 0 unspecified atom stereocenters. The van der Waals surface area contributed by atoms with Crippen LogP contribution in [0.4, 0.5) is 0 Å². The Labute approximate surface area is 201 Å². The maximum atomic E-state index is 13.1. The SMILES string of the molecule is CN(Cc1ccccc1O[C@H]1C[C@H]2CC[C@@H](C1)N2C)C(=O)c1ccc(Oc2ccccc2)cc1. The third-order valence-electron chi connectivity index (χ3n) is 7.16. The first-order valence-corrected chi connectivity index (χ1v) is 12.1. The van der Waals surface area contributed by atoms with Crippen molar-refractivity contribution in [3.63, 3.8) is 0 Å². The molecule has 0 aromatic heterocycles. The van der Waals surface area contributed by atoms with Gasteiger partial charge in [0.25, 0.3) is 5.91 Å². The van der Waals surface area contributed by atoms with Gasteiger partial charge in [0.15, 0.2) is 0 Å². The fourth-order valence-corrected chi connectivity index (χ4v) is 5.22. The van der Waals surface area contributed by atoms with Crippen molar-refractivity contribution in [1.82, 2.24) is 9.80 Å². The van der Waals surface area contributed by atoms with Crippen LogP contribution in [-0.4, -0.2) is 48.0 Å². The van der Waals surface area contributed by atoms with Gasteiger partial charge in [0.2, 0.25) is 0 Å². The lowest BCUT2D eigenvalue weighted by Gasteiger charge is -2.36. The zero-order valence-corrected chi connectivity index (χ0v) is 19.9. The lowest BCUT2D eigenvalue weighted by atomic mass is 10.0. The fraction of sp³-hybridized carbons (Fsp3) is 0.345. The van der Waals surface area contributed by atoms with E-state index in [1.165, 1.54) is 12.8 Å². The highest BCUT2D eigenvalue weighted by Gasteiger charge is 2.39. The van der Waals surface area contributed by atoms with E-state index in [1.54, 1.807) is 4.90 Å². The van der Waals surface area contributed by atoms with Crippen molar-refractivity contribution in [3.8, 4) is 17.2 Å². The van der Waals surface area contributed by atoms with E-state index in [0.29, 0.717) is 29.9 Å². The number of nitrogens with zero attached hydrogens (tertiary/aromatic N) is 2. The van der Waals surface area contributed by atoms with E-state index in [-0.39, 0.29) is 12.0 Å². The van der Waals surface area contributed by atoms with Crippen molar-refractivity contribution in [2.45, 2.75) is 50.4 Å². The van der Waals surface area contributed by atoms with Crippen molar-refractivity contribution in [1.29, 1.82) is 0 Å². The Balaban J connectivity index is 1.22. The van der Waals surface area contributed by atoms with Crippen LogP contribution in [0.15, 0.2) is 78.9 Å². The minimum Gasteiger partial charge on any atom is -0.490 e. The molecule has 176 valence electrons. The van der Waals surface area contributed by atoms with E-state index < -0.39 is 0 Å². The van der Waals surface area contributed by atoms with Crippen LogP contribution in [-0.2, 0) is 6.54 Å². The van der Waals surface area contributed by atoms with Crippen molar-refractivity contribution in [2.24, 2.45) is 0 Å². The number of benzene rings is 3. The number of carbonyl (C=O) groups excluding carboxylic acids is 1. The number of piperidine rings is 1. The van der Waals surface area contributed by atoms with E-state index in [9.17, 15) is 4.79 Å². The third-order valence-corrected chi connectivity index (χ3v) is 7.16. The van der Waals surface area contributed by atoms with Crippen molar-refractivity contribution >= 4 is 5.91 Å². The molecule has 34 heavy (non-hydrogen) atoms. The van der Waals surface area contributed by atoms with Gasteiger partial charge in [-0.25, -0.2) is 0 Å². The Morgan fingerprint density at radius 3 is 2.21 bits per heavy atom. The average molecular weight is 457 g/mol. The van der Waals surface area contributed by atoms with Crippen LogP contribution in [0.25, 0.3) is 0 Å². The van der Waals surface area contributed by atoms with Gasteiger partial charge in [-0.15, -0.1) is 0 Å². The molecule has 2 fully saturated rings. The molecule has 2 aliphatic rings. The molecule has 2 bridgehead atoms. The minimum atomic E-state index is -0.0293. The quantitative estimate of drug-likeness (QED) is 0.454. The van der Waals surface area contributed by atoms with Gasteiger partial charge in [0.1, 0.15) is 23.4 Å². The van der Waals surface area contributed by atoms with E-state index in [2.05, 4.69) is 18.0 Å². The second-order valence-corrected chi connectivity index (χ2v) is 9.47. The molecule has 5 heteroatoms. The summed E-state index contributed by atoms with van der Waals surface area (Å²) < 4.78 is 12.3. The number of fused-ring (bicyclic) bond motifs is 2. The number of hydrogen-bond donors (Lipinski definition) is 0. The van der Waals surface area contributed by atoms with Gasteiger partial charge in [-0.05, 0) is 75.2 Å². The maximum Gasteiger partial charge on any atom is 0.253 e. The molecule has 2 aliphatic heterocycles. The number of para-hydroxylation sites is 2. The lowest BCUT2D eigenvalue weighted by molar-refractivity contribution is 0.0645. The topological polar surface area (TPSA) is 42.0 Å². The van der Waals surface area contributed by atoms with Crippen molar-refractivity contribution in [2.75, 3.05) is 14.1 Å². The maximum absolute atomic E-state index is 13.1. The number of hydrogen-bond acceptors (Lipinski definition) is 4. The molecule has 0 N–H and O–H groups in total. The first-order valence-electron chi connectivity index (χ1n) is 12.1. The molecule has 5 nitrogen and oxygen atoms in total. The molecule has 3 atom stereocenters. The Kier molecular flexibility index (Phi) is 6.54. The van der Waals surface area contributed by atoms with Gasteiger partial charge in [-0.1, -0.05) is 36.4 Å². The van der Waals surface area contributed by atoms with Crippen LogP contribution in [0.1, 0.15) is 41.6 Å². The molecule has 0 radical (unpaired) electrons. The standard InChI is InChI=1S/C29H32N2O3/c1-30(29(32)21-12-16-26(17-13-21)33-25-9-4-3-5-10-25)20-22-8-6-7-11-28(22)34-27-18-23-14-15-24(19-27)31(23)2/h3-13,16-17,23-24,27H,14-15,18-20H2,1-2H3/t23-,24+,27+. The highest BCUT2D eigenvalue weighted by atomic mass is 16.5. The Morgan fingerprint density at radius 1 is 0.882 bits per heavy atom. The largest absolute Gasteiger partial charge is 0.490 e. The zero-order valence-electron chi connectivity index (χ0n) is 19.9. The predicted octanol–water partition coefficient (Wildman–Crippen LogP) is 5.76. The molecule has 3 aromatic carbocycles. The summed E-state index contributed by atoms with van der Waals surface area (Å²) in [5, 5.41) is 0. The number of rotatable bonds is 7. The van der Waals surface area contributed by atoms with Gasteiger partial charge >= 0.3 is 0 Å². The molecule has 0 saturated carbocycles. The van der Waals surface area contributed by atoms with Gasteiger partial charge in [0, 0.05) is 36.8 Å². The summed E-state index contributed by atoms with van der Waals surface area (Å²) in [5.74, 6) is 2.34. The zero-order chi connectivity index (χ0) is 23.5. The van der Waals surface area contributed by atoms with Gasteiger partial charge in [0.05, 0.1) is 0 Å². The molecular weight excluding hydrogens is 424 g/mol. The molecule has 2 heterocycles. The van der Waals surface area contributed by atoms with E-state index in [0.717, 1.165) is 29.9 Å². The first kappa shape index (κ1) is 22.5. The van der Waals surface area contributed by atoms with Crippen LogP contribution in [0, 0.1) is 0 Å². The molecule has 0 aliphatic carbocycles. The Morgan fingerprint density at radius 2 is 1.50 bits per heavy atom. The van der Waals surface area contributed by atoms with Crippen molar-refractivity contribution < 1.29 is 14.3 Å². The van der Waals surface area contributed by atoms with Gasteiger partial charge in [-0.2, -0.15) is 0 Å². The summed E-state index contributed by atoms with van der Waals surface area (Å²) in [7, 11) is 4.08. The minimum absolute atomic E-state index is 0.0293. The first-order chi connectivity index (χ1) is 16.6. The average Bonchev–Trinajstić information content (AvgIpc) is 3.05. The van der Waals surface area contributed by atoms with Crippen LogP contribution in [0.3, 0.4) is 0 Å². The number of carbonyl (C=O) groups is 1. The highest BCUT2D eigenvalue weighted by Crippen LogP contribution is 2.36. The van der Waals surface area contributed by atoms with E-state index in [4.69, 9.17) is 9.47 Å². The smallest absolute Gasteiger partial charge is 0.253 e. The lowest BCUT2D eigenvalue weighted by Crippen LogP contribution is -2.43. The highest BCUT2D eigenvalue weighted by molar-refractivity contribution is 5.94. The summed E-state index contributed by atoms with van der Waals surface area (Å²) in [6, 6.07) is 26.3. The van der Waals surface area contributed by atoms with E-state index >= 15 is 0 Å². The Hall–Kier alpha value is -3.31. The summed E-state index contributed by atoms with van der Waals surface area (Å²) in [5.41, 5.74) is 1.67. The molecule has 1 amide bonds. The Bertz CT molecular complexity index is 1100. The summed E-state index contributed by atoms with van der Waals surface area (Å²) in [6.45, 7) is 0.497. The predicted molar refractivity (Wildman–Crippen MR) is 133 cm³/mol. The molecule has 0 spiro atoms. The van der Waals surface area contributed by atoms with Crippen LogP contribution in [0.5, 0.6) is 17.2 Å². The van der Waals surface area contributed by atoms with Crippen LogP contribution >= 0.6 is 0 Å². The van der Waals surface area contributed by atoms with E-state index in [1.807, 2.05) is 79.8 Å². The number of ether oxygens (including phenoxy) is 2. The fourth-order valence-electron chi connectivity index (χ4n) is 5.22. The summed E-state index contributed by atoms with van der Waals surface area (Å²) >= 11 is 0. The summed E-state index contributed by atoms with van der Waals surface area (Å²) in [4.78, 5) is 17.4. The van der Waals surface area contributed by atoms with Gasteiger partial charge < -0.3 is 19.3 Å². The molecular formula is C29H32N2O3. The normalized spacial score (nSPS) is 21.8. The van der Waals surface area contributed by atoms with Crippen molar-refractivity contribution in [3.05, 3.63) is 90.0 Å². The van der Waals surface area contributed by atoms with Crippen LogP contribution < -0.4 is 9.47 Å². The number of amides is 1. The molecule has 2 saturated heterocycles. The second-order valence-electron chi connectivity index (χ2n) is 9.47. The molecule has 3 aromatic rings. The third kappa shape index (κ3) is 4.95. The summed E-state index contributed by atoms with van der Waals surface area (Å²) in [6.07, 6.45) is 4.94. The van der Waals surface area contributed by atoms with Crippen LogP contribution in [0.2, 0.25) is 0 Å². The van der Waals surface area contributed by atoms with Gasteiger partial charge in [-0.3, -0.25) is 4.79 Å². The second kappa shape index (κ2) is 9.90. The monoisotopic (exact) mass is 456 g/mol.